The Hall–Kier alpha value is -1.94. The van der Waals surface area contributed by atoms with Crippen LogP contribution in [-0.2, 0) is 10.2 Å². The second-order valence-electron chi connectivity index (χ2n) is 3.96. The molecule has 0 unspecified atom stereocenters. The van der Waals surface area contributed by atoms with Crippen LogP contribution in [0, 0.1) is 5.41 Å². The summed E-state index contributed by atoms with van der Waals surface area (Å²) in [5.41, 5.74) is 0.503. The van der Waals surface area contributed by atoms with E-state index in [0.717, 1.165) is 0 Å². The fraction of sp³-hybridized carbons (Fsp3) is 0. The van der Waals surface area contributed by atoms with Gasteiger partial charge in [-0.3, -0.25) is 15.5 Å². The van der Waals surface area contributed by atoms with Crippen LogP contribution < -0.4 is 14.8 Å². The molecule has 0 spiro atoms. The summed E-state index contributed by atoms with van der Waals surface area (Å²) >= 11 is 1.25. The van der Waals surface area contributed by atoms with Crippen LogP contribution in [0.2, 0.25) is 0 Å². The van der Waals surface area contributed by atoms with Crippen molar-refractivity contribution in [2.45, 2.75) is 0 Å². The summed E-state index contributed by atoms with van der Waals surface area (Å²) in [6.45, 7) is 0. The number of anilines is 1. The maximum absolute atomic E-state index is 11.9. The summed E-state index contributed by atoms with van der Waals surface area (Å²) in [4.78, 5) is 11.9. The number of halogens is 1. The van der Waals surface area contributed by atoms with E-state index in [4.69, 9.17) is 10.5 Å². The third-order valence-electron chi connectivity index (χ3n) is 2.47. The third-order valence-corrected chi connectivity index (χ3v) is 4.04. The van der Waals surface area contributed by atoms with Crippen molar-refractivity contribution in [1.29, 1.82) is 5.41 Å². The number of carbonyl (C=O) groups excluding carboxylic acids is 1. The number of carbonyl (C=O) groups is 1. The smallest absolute Gasteiger partial charge is 0.291 e. The van der Waals surface area contributed by atoms with E-state index in [0.29, 0.717) is 9.87 Å². The Labute approximate surface area is 137 Å². The second kappa shape index (κ2) is 7.36. The topological polar surface area (TPSA) is 116 Å². The highest BCUT2D eigenvalue weighted by atomic mass is 35.5. The Morgan fingerprint density at radius 1 is 1.23 bits per heavy atom. The van der Waals surface area contributed by atoms with Crippen LogP contribution in [0.25, 0.3) is 0 Å². The molecule has 1 amide bonds. The van der Waals surface area contributed by atoms with Gasteiger partial charge in [-0.2, -0.15) is 24.1 Å². The van der Waals surface area contributed by atoms with E-state index in [1.54, 1.807) is 35.7 Å². The molecule has 0 saturated carbocycles. The van der Waals surface area contributed by atoms with Gasteiger partial charge in [0, 0.05) is 10.9 Å². The van der Waals surface area contributed by atoms with Crippen molar-refractivity contribution in [1.82, 2.24) is 5.32 Å². The zero-order valence-electron chi connectivity index (χ0n) is 11.1. The first-order valence-electron chi connectivity index (χ1n) is 5.70. The highest BCUT2D eigenvalue weighted by Crippen LogP contribution is 2.19. The predicted molar refractivity (Wildman–Crippen MR) is 88.8 cm³/mol. The fourth-order valence-electron chi connectivity index (χ4n) is 1.60. The summed E-state index contributed by atoms with van der Waals surface area (Å²) in [7, 11) is -4.21. The lowest BCUT2D eigenvalue weighted by atomic mass is 10.2. The number of nitrogens with two attached hydrogens (primary N) is 1. The maximum Gasteiger partial charge on any atom is 0.305 e. The molecule has 1 aromatic heterocycles. The number of hydrogen-bond acceptors (Lipinski definition) is 5. The van der Waals surface area contributed by atoms with Gasteiger partial charge in [-0.25, -0.2) is 5.14 Å². The predicted octanol–water partition coefficient (Wildman–Crippen LogP) is 1.54. The van der Waals surface area contributed by atoms with E-state index in [-0.39, 0.29) is 18.1 Å². The molecule has 0 aliphatic carbocycles. The Morgan fingerprint density at radius 2 is 1.86 bits per heavy atom. The molecule has 0 radical (unpaired) electrons. The molecular formula is C12H13ClN4O3S2. The zero-order valence-corrected chi connectivity index (χ0v) is 13.5. The lowest BCUT2D eigenvalue weighted by Crippen LogP contribution is -2.49. The van der Waals surface area contributed by atoms with Gasteiger partial charge in [0.1, 0.15) is 0 Å². The normalized spacial score (nSPS) is 10.4. The average molecular weight is 361 g/mol. The zero-order chi connectivity index (χ0) is 15.5. The molecule has 0 saturated heterocycles. The number of nitrogens with one attached hydrogen (secondary N) is 2. The maximum atomic E-state index is 11.9. The quantitative estimate of drug-likeness (QED) is 0.569. The molecule has 118 valence electrons. The van der Waals surface area contributed by atoms with E-state index in [2.05, 4.69) is 5.32 Å². The number of hydrogen-bond donors (Lipinski definition) is 3. The highest BCUT2D eigenvalue weighted by Gasteiger charge is 2.25. The van der Waals surface area contributed by atoms with E-state index >= 15 is 0 Å². The standard InChI is InChI=1S/C12H12N4O3S2.ClH/c13-12(15-11(17)9-4-2-1-3-5-9)16(21(14,18)19)10-6-7-20-8-10;/h1-8H,(H2,13,15,17)(H2,14,18,19);1H. The number of nitrogens with zero attached hydrogens (tertiary/aromatic N) is 1. The van der Waals surface area contributed by atoms with Crippen molar-refractivity contribution in [2.24, 2.45) is 5.14 Å². The molecule has 10 heteroatoms. The van der Waals surface area contributed by atoms with Crippen LogP contribution in [0.5, 0.6) is 0 Å². The molecule has 4 N–H and O–H groups in total. The van der Waals surface area contributed by atoms with Gasteiger partial charge in [-0.1, -0.05) is 18.2 Å². The van der Waals surface area contributed by atoms with Gasteiger partial charge in [0.15, 0.2) is 0 Å². The van der Waals surface area contributed by atoms with Gasteiger partial charge in [-0.05, 0) is 23.6 Å². The molecule has 0 aliphatic heterocycles. The SMILES string of the molecule is Cl.N=C(NC(=O)c1ccccc1)N(c1ccsc1)S(N)(=O)=O. The molecule has 0 atom stereocenters. The summed E-state index contributed by atoms with van der Waals surface area (Å²) in [6, 6.07) is 9.65. The summed E-state index contributed by atoms with van der Waals surface area (Å²) < 4.78 is 23.8. The van der Waals surface area contributed by atoms with Crippen LogP contribution >= 0.6 is 23.7 Å². The molecular weight excluding hydrogens is 348 g/mol. The second-order valence-corrected chi connectivity index (χ2v) is 6.13. The molecule has 7 nitrogen and oxygen atoms in total. The summed E-state index contributed by atoms with van der Waals surface area (Å²) in [5.74, 6) is -1.23. The van der Waals surface area contributed by atoms with Crippen molar-refractivity contribution in [2.75, 3.05) is 4.31 Å². The number of amides is 1. The highest BCUT2D eigenvalue weighted by molar-refractivity contribution is 7.91. The number of guanidine groups is 1. The van der Waals surface area contributed by atoms with Crippen molar-refractivity contribution < 1.29 is 13.2 Å². The number of benzene rings is 1. The average Bonchev–Trinajstić information content (AvgIpc) is 2.91. The van der Waals surface area contributed by atoms with E-state index in [1.165, 1.54) is 22.8 Å². The number of thiophene rings is 1. The molecule has 0 fully saturated rings. The van der Waals surface area contributed by atoms with Gasteiger partial charge in [0.25, 0.3) is 5.91 Å². The third kappa shape index (κ3) is 4.28. The van der Waals surface area contributed by atoms with Crippen LogP contribution in [0.4, 0.5) is 5.69 Å². The Kier molecular flexibility index (Phi) is 6.06. The van der Waals surface area contributed by atoms with Gasteiger partial charge < -0.3 is 0 Å². The first-order chi connectivity index (χ1) is 9.89. The van der Waals surface area contributed by atoms with E-state index < -0.39 is 22.1 Å². The van der Waals surface area contributed by atoms with Crippen LogP contribution in [-0.4, -0.2) is 20.3 Å². The number of rotatable bonds is 3. The summed E-state index contributed by atoms with van der Waals surface area (Å²) in [6.07, 6.45) is 0. The molecule has 0 bridgehead atoms. The molecule has 1 aromatic carbocycles. The van der Waals surface area contributed by atoms with Gasteiger partial charge >= 0.3 is 10.2 Å². The first kappa shape index (κ1) is 18.1. The fourth-order valence-corrected chi connectivity index (χ4v) is 2.99. The first-order valence-corrected chi connectivity index (χ1v) is 8.14. The van der Waals surface area contributed by atoms with Gasteiger partial charge in [-0.15, -0.1) is 12.4 Å². The van der Waals surface area contributed by atoms with Crippen molar-refractivity contribution in [3.8, 4) is 0 Å². The van der Waals surface area contributed by atoms with Crippen molar-refractivity contribution >= 4 is 51.5 Å². The minimum atomic E-state index is -4.21. The lowest BCUT2D eigenvalue weighted by Gasteiger charge is -2.20. The summed E-state index contributed by atoms with van der Waals surface area (Å²) in [5, 5.41) is 18.2. The molecule has 22 heavy (non-hydrogen) atoms. The van der Waals surface area contributed by atoms with Crippen LogP contribution in [0.3, 0.4) is 0 Å². The lowest BCUT2D eigenvalue weighted by molar-refractivity contribution is 0.0976. The van der Waals surface area contributed by atoms with Crippen molar-refractivity contribution in [3.63, 3.8) is 0 Å². The van der Waals surface area contributed by atoms with E-state index in [9.17, 15) is 13.2 Å². The Bertz CT molecular complexity index is 748. The van der Waals surface area contributed by atoms with Crippen molar-refractivity contribution in [3.05, 3.63) is 52.7 Å². The Balaban J connectivity index is 0.00000242. The molecule has 2 rings (SSSR count). The van der Waals surface area contributed by atoms with Gasteiger partial charge in [0.2, 0.25) is 5.96 Å². The minimum Gasteiger partial charge on any atom is -0.291 e. The van der Waals surface area contributed by atoms with Gasteiger partial charge in [0.05, 0.1) is 5.69 Å². The monoisotopic (exact) mass is 360 g/mol. The largest absolute Gasteiger partial charge is 0.305 e. The molecule has 2 aromatic rings. The Morgan fingerprint density at radius 3 is 2.36 bits per heavy atom. The van der Waals surface area contributed by atoms with Crippen LogP contribution in [0.1, 0.15) is 10.4 Å². The van der Waals surface area contributed by atoms with Crippen LogP contribution in [0.15, 0.2) is 47.2 Å². The minimum absolute atomic E-state index is 0. The molecule has 1 heterocycles. The van der Waals surface area contributed by atoms with E-state index in [1.807, 2.05) is 0 Å². The molecule has 0 aliphatic rings.